The lowest BCUT2D eigenvalue weighted by Crippen LogP contribution is -2.24. The molecule has 0 saturated heterocycles. The Balaban J connectivity index is 2.43. The van der Waals surface area contributed by atoms with E-state index in [4.69, 9.17) is 14.7 Å². The van der Waals surface area contributed by atoms with Crippen molar-refractivity contribution in [2.45, 2.75) is 39.4 Å². The molecule has 1 aromatic rings. The molecule has 18 heavy (non-hydrogen) atoms. The summed E-state index contributed by atoms with van der Waals surface area (Å²) in [6, 6.07) is 7.80. The number of hydrogen-bond acceptors (Lipinski definition) is 3. The highest BCUT2D eigenvalue weighted by molar-refractivity contribution is 5.37. The van der Waals surface area contributed by atoms with Crippen molar-refractivity contribution in [3.05, 3.63) is 34.9 Å². The molecular weight excluding hydrogens is 226 g/mol. The molecule has 0 unspecified atom stereocenters. The van der Waals surface area contributed by atoms with Gasteiger partial charge in [-0.15, -0.1) is 0 Å². The quantitative estimate of drug-likeness (QED) is 0.725. The highest BCUT2D eigenvalue weighted by Gasteiger charge is 2.15. The first-order valence-corrected chi connectivity index (χ1v) is 6.11. The molecule has 1 rings (SSSR count). The molecule has 98 valence electrons. The van der Waals surface area contributed by atoms with Gasteiger partial charge < -0.3 is 9.47 Å². The van der Waals surface area contributed by atoms with Crippen molar-refractivity contribution in [3.63, 3.8) is 0 Å². The van der Waals surface area contributed by atoms with Crippen LogP contribution in [-0.4, -0.2) is 19.3 Å². The van der Waals surface area contributed by atoms with Crippen LogP contribution in [0.1, 0.15) is 37.0 Å². The summed E-state index contributed by atoms with van der Waals surface area (Å²) >= 11 is 0. The maximum atomic E-state index is 8.79. The molecule has 3 heteroatoms. The number of aryl methyl sites for hydroxylation is 1. The minimum absolute atomic E-state index is 0.139. The van der Waals surface area contributed by atoms with Crippen LogP contribution in [0.5, 0.6) is 0 Å². The van der Waals surface area contributed by atoms with Crippen LogP contribution in [0.4, 0.5) is 0 Å². The Hall–Kier alpha value is -1.37. The molecule has 0 spiro atoms. The SMILES string of the molecule is COC(C)(C)CCOCc1ccc(C#N)cc1C. The number of ether oxygens (including phenoxy) is 2. The Morgan fingerprint density at radius 3 is 2.61 bits per heavy atom. The second-order valence-electron chi connectivity index (χ2n) is 5.02. The predicted octanol–water partition coefficient (Wildman–Crippen LogP) is 3.20. The van der Waals surface area contributed by atoms with Crippen LogP contribution in [-0.2, 0) is 16.1 Å². The molecule has 0 atom stereocenters. The number of methoxy groups -OCH3 is 1. The third-order valence-corrected chi connectivity index (χ3v) is 3.13. The molecule has 0 fully saturated rings. The standard InChI is InChI=1S/C15H21NO2/c1-12-9-13(10-16)5-6-14(12)11-18-8-7-15(2,3)17-4/h5-6,9H,7-8,11H2,1-4H3. The van der Waals surface area contributed by atoms with Gasteiger partial charge in [-0.1, -0.05) is 6.07 Å². The lowest BCUT2D eigenvalue weighted by atomic mass is 10.1. The molecule has 0 heterocycles. The monoisotopic (exact) mass is 247 g/mol. The van der Waals surface area contributed by atoms with Crippen LogP contribution in [0.2, 0.25) is 0 Å². The summed E-state index contributed by atoms with van der Waals surface area (Å²) in [5.41, 5.74) is 2.78. The van der Waals surface area contributed by atoms with E-state index < -0.39 is 0 Å². The van der Waals surface area contributed by atoms with E-state index in [2.05, 4.69) is 6.07 Å². The van der Waals surface area contributed by atoms with E-state index in [1.54, 1.807) is 7.11 Å². The fourth-order valence-corrected chi connectivity index (χ4v) is 1.53. The van der Waals surface area contributed by atoms with Gasteiger partial charge in [0.15, 0.2) is 0 Å². The van der Waals surface area contributed by atoms with Crippen molar-refractivity contribution in [1.29, 1.82) is 5.26 Å². The molecule has 0 aliphatic carbocycles. The summed E-state index contributed by atoms with van der Waals surface area (Å²) in [6.45, 7) is 7.34. The second-order valence-corrected chi connectivity index (χ2v) is 5.02. The number of nitrogens with zero attached hydrogens (tertiary/aromatic N) is 1. The summed E-state index contributed by atoms with van der Waals surface area (Å²) in [5.74, 6) is 0. The average molecular weight is 247 g/mol. The van der Waals surface area contributed by atoms with Gasteiger partial charge in [0.25, 0.3) is 0 Å². The van der Waals surface area contributed by atoms with Gasteiger partial charge in [0.1, 0.15) is 0 Å². The summed E-state index contributed by atoms with van der Waals surface area (Å²) < 4.78 is 11.0. The van der Waals surface area contributed by atoms with Crippen LogP contribution < -0.4 is 0 Å². The fraction of sp³-hybridized carbons (Fsp3) is 0.533. The minimum Gasteiger partial charge on any atom is -0.379 e. The Labute approximate surface area is 109 Å². The summed E-state index contributed by atoms with van der Waals surface area (Å²) in [5, 5.41) is 8.79. The van der Waals surface area contributed by atoms with Crippen LogP contribution in [0.3, 0.4) is 0 Å². The highest BCUT2D eigenvalue weighted by atomic mass is 16.5. The lowest BCUT2D eigenvalue weighted by Gasteiger charge is -2.22. The Morgan fingerprint density at radius 1 is 1.33 bits per heavy atom. The normalized spacial score (nSPS) is 11.3. The molecule has 0 aliphatic rings. The number of benzene rings is 1. The zero-order valence-corrected chi connectivity index (χ0v) is 11.6. The third kappa shape index (κ3) is 4.48. The predicted molar refractivity (Wildman–Crippen MR) is 71.3 cm³/mol. The van der Waals surface area contributed by atoms with Gasteiger partial charge in [-0.25, -0.2) is 0 Å². The fourth-order valence-electron chi connectivity index (χ4n) is 1.53. The van der Waals surface area contributed by atoms with Gasteiger partial charge in [-0.05, 0) is 50.5 Å². The maximum absolute atomic E-state index is 8.79. The van der Waals surface area contributed by atoms with Gasteiger partial charge in [-0.2, -0.15) is 5.26 Å². The van der Waals surface area contributed by atoms with Crippen LogP contribution >= 0.6 is 0 Å². The van der Waals surface area contributed by atoms with Gasteiger partial charge in [-0.3, -0.25) is 0 Å². The Kier molecular flexibility index (Phi) is 5.33. The summed E-state index contributed by atoms with van der Waals surface area (Å²) in [7, 11) is 1.71. The van der Waals surface area contributed by atoms with E-state index in [9.17, 15) is 0 Å². The molecule has 0 saturated carbocycles. The first-order valence-electron chi connectivity index (χ1n) is 6.11. The molecule has 3 nitrogen and oxygen atoms in total. The topological polar surface area (TPSA) is 42.2 Å². The third-order valence-electron chi connectivity index (χ3n) is 3.13. The van der Waals surface area contributed by atoms with Crippen LogP contribution in [0.25, 0.3) is 0 Å². The summed E-state index contributed by atoms with van der Waals surface area (Å²) in [6.07, 6.45) is 0.860. The van der Waals surface area contributed by atoms with E-state index in [0.29, 0.717) is 18.8 Å². The molecule has 1 aromatic carbocycles. The van der Waals surface area contributed by atoms with E-state index in [0.717, 1.165) is 17.5 Å². The first kappa shape index (κ1) is 14.7. The molecular formula is C15H21NO2. The second kappa shape index (κ2) is 6.53. The number of hydrogen-bond donors (Lipinski definition) is 0. The van der Waals surface area contributed by atoms with Gasteiger partial charge >= 0.3 is 0 Å². The zero-order valence-electron chi connectivity index (χ0n) is 11.6. The molecule has 0 bridgehead atoms. The molecule has 0 aliphatic heterocycles. The van der Waals surface area contributed by atoms with Crippen molar-refractivity contribution in [3.8, 4) is 6.07 Å². The van der Waals surface area contributed by atoms with Crippen molar-refractivity contribution in [1.82, 2.24) is 0 Å². The Morgan fingerprint density at radius 2 is 2.06 bits per heavy atom. The summed E-state index contributed by atoms with van der Waals surface area (Å²) in [4.78, 5) is 0. The van der Waals surface area contributed by atoms with Crippen molar-refractivity contribution >= 4 is 0 Å². The number of rotatable bonds is 6. The number of nitriles is 1. The van der Waals surface area contributed by atoms with Gasteiger partial charge in [0.2, 0.25) is 0 Å². The van der Waals surface area contributed by atoms with Crippen molar-refractivity contribution in [2.75, 3.05) is 13.7 Å². The van der Waals surface area contributed by atoms with E-state index in [1.807, 2.05) is 39.0 Å². The highest BCUT2D eigenvalue weighted by Crippen LogP contribution is 2.15. The Bertz CT molecular complexity index is 433. The smallest absolute Gasteiger partial charge is 0.0991 e. The van der Waals surface area contributed by atoms with Crippen molar-refractivity contribution in [2.24, 2.45) is 0 Å². The molecule has 0 N–H and O–H groups in total. The van der Waals surface area contributed by atoms with Gasteiger partial charge in [0, 0.05) is 13.7 Å². The largest absolute Gasteiger partial charge is 0.379 e. The molecule has 0 radical (unpaired) electrons. The van der Waals surface area contributed by atoms with Gasteiger partial charge in [0.05, 0.1) is 23.8 Å². The van der Waals surface area contributed by atoms with E-state index >= 15 is 0 Å². The van der Waals surface area contributed by atoms with Crippen LogP contribution in [0, 0.1) is 18.3 Å². The molecule has 0 amide bonds. The lowest BCUT2D eigenvalue weighted by molar-refractivity contribution is -0.0125. The first-order chi connectivity index (χ1) is 8.48. The maximum Gasteiger partial charge on any atom is 0.0991 e. The van der Waals surface area contributed by atoms with Crippen LogP contribution in [0.15, 0.2) is 18.2 Å². The van der Waals surface area contributed by atoms with Crippen molar-refractivity contribution < 1.29 is 9.47 Å². The average Bonchev–Trinajstić information content (AvgIpc) is 2.36. The van der Waals surface area contributed by atoms with E-state index in [1.165, 1.54) is 0 Å². The molecule has 0 aromatic heterocycles. The van der Waals surface area contributed by atoms with E-state index in [-0.39, 0.29) is 5.60 Å². The zero-order chi connectivity index (χ0) is 13.6. The minimum atomic E-state index is -0.139.